The molecule has 0 spiro atoms. The summed E-state index contributed by atoms with van der Waals surface area (Å²) in [4.78, 5) is 8.87. The van der Waals surface area contributed by atoms with E-state index in [1.165, 1.54) is 65.0 Å². The zero-order valence-electron chi connectivity index (χ0n) is 23.1. The number of fused-ring (bicyclic) bond motifs is 5. The second kappa shape index (κ2) is 8.76. The molecule has 0 aliphatic carbocycles. The molecule has 1 aromatic heterocycles. The van der Waals surface area contributed by atoms with Crippen LogP contribution in [0.4, 0.5) is 0 Å². The third-order valence-electron chi connectivity index (χ3n) is 8.89. The summed E-state index contributed by atoms with van der Waals surface area (Å²) in [5, 5.41) is 13.8. The first kappa shape index (κ1) is 23.3. The molecule has 8 aromatic carbocycles. The maximum atomic E-state index is 5.12. The van der Waals surface area contributed by atoms with Crippen molar-refractivity contribution in [2.75, 3.05) is 0 Å². The Kier molecular flexibility index (Phi) is 4.85. The number of hydrogen-bond acceptors (Lipinski definition) is 1. The van der Waals surface area contributed by atoms with Gasteiger partial charge in [-0.3, -0.25) is 4.98 Å². The average Bonchev–Trinajstić information content (AvgIpc) is 3.08. The van der Waals surface area contributed by atoms with Crippen LogP contribution in [0, 0.1) is 6.92 Å². The van der Waals surface area contributed by atoms with Crippen LogP contribution in [0.15, 0.2) is 133 Å². The summed E-state index contributed by atoms with van der Waals surface area (Å²) in [5.74, 6) is 0. The van der Waals surface area contributed by atoms with Crippen molar-refractivity contribution in [2.24, 2.45) is 0 Å². The average molecular weight is 535 g/mol. The highest BCUT2D eigenvalue weighted by atomic mass is 14.7. The van der Waals surface area contributed by atoms with Gasteiger partial charge >= 0.3 is 0 Å². The van der Waals surface area contributed by atoms with Gasteiger partial charge in [0.2, 0.25) is 0 Å². The van der Waals surface area contributed by atoms with Gasteiger partial charge in [0.05, 0.1) is 11.0 Å². The quantitative estimate of drug-likeness (QED) is 0.208. The Morgan fingerprint density at radius 3 is 1.98 bits per heavy atom. The molecule has 2 nitrogen and oxygen atoms in total. The van der Waals surface area contributed by atoms with Gasteiger partial charge in [-0.15, -0.1) is 0 Å². The van der Waals surface area contributed by atoms with E-state index < -0.39 is 0 Å². The van der Waals surface area contributed by atoms with E-state index in [-0.39, 0.29) is 0 Å². The fraction of sp³-hybridized carbons (Fsp3) is 0.0250. The Bertz CT molecular complexity index is 2570. The van der Waals surface area contributed by atoms with Gasteiger partial charge in [0, 0.05) is 22.0 Å². The van der Waals surface area contributed by atoms with Crippen LogP contribution in [0.1, 0.15) is 5.69 Å². The lowest BCUT2D eigenvalue weighted by Gasteiger charge is -2.15. The second-order valence-corrected chi connectivity index (χ2v) is 11.3. The monoisotopic (exact) mass is 534 g/mol. The highest BCUT2D eigenvalue weighted by molar-refractivity contribution is 6.25. The number of aromatic amines is 1. The van der Waals surface area contributed by atoms with Crippen LogP contribution in [0.5, 0.6) is 0 Å². The topological polar surface area (TPSA) is 28.7 Å². The fourth-order valence-corrected chi connectivity index (χ4v) is 6.87. The first-order valence-corrected chi connectivity index (χ1v) is 14.5. The van der Waals surface area contributed by atoms with Crippen molar-refractivity contribution in [1.29, 1.82) is 0 Å². The molecule has 0 amide bonds. The lowest BCUT2D eigenvalue weighted by Crippen LogP contribution is -1.88. The number of aryl methyl sites for hydroxylation is 1. The number of para-hydroxylation sites is 2. The molecule has 0 saturated carbocycles. The molecule has 9 aromatic rings. The van der Waals surface area contributed by atoms with E-state index in [9.17, 15) is 0 Å². The highest BCUT2D eigenvalue weighted by Crippen LogP contribution is 2.40. The van der Waals surface area contributed by atoms with E-state index in [1.807, 2.05) is 0 Å². The minimum atomic E-state index is 0.942. The van der Waals surface area contributed by atoms with Crippen molar-refractivity contribution < 1.29 is 0 Å². The molecule has 0 aliphatic heterocycles. The van der Waals surface area contributed by atoms with E-state index in [1.54, 1.807) is 0 Å². The third kappa shape index (κ3) is 3.42. The molecule has 42 heavy (non-hydrogen) atoms. The second-order valence-electron chi connectivity index (χ2n) is 11.3. The summed E-state index contributed by atoms with van der Waals surface area (Å²) < 4.78 is 0. The van der Waals surface area contributed by atoms with E-state index in [0.717, 1.165) is 27.6 Å². The zero-order valence-corrected chi connectivity index (χ0v) is 23.1. The molecule has 1 N–H and O–H groups in total. The molecule has 0 saturated heterocycles. The number of H-pyrrole nitrogens is 1. The first-order chi connectivity index (χ1) is 20.7. The van der Waals surface area contributed by atoms with Gasteiger partial charge in [0.15, 0.2) is 0 Å². The van der Waals surface area contributed by atoms with Crippen LogP contribution in [-0.2, 0) is 0 Å². The number of nitrogens with zero attached hydrogens (tertiary/aromatic N) is 1. The number of rotatable bonds is 1. The third-order valence-corrected chi connectivity index (χ3v) is 8.89. The largest absolute Gasteiger partial charge is 0.353 e. The lowest BCUT2D eigenvalue weighted by atomic mass is 9.89. The molecule has 0 fully saturated rings. The molecule has 0 radical (unpaired) electrons. The number of hydrogen-bond donors (Lipinski definition) is 1. The Balaban J connectivity index is 1.44. The standard InChI is InChI=1S/C40H26N2/c1-24-31-18-17-30(32-19-15-27-14-13-25-9-6-10-26-16-20-33(32)40(27)39(25)26)22-34(31)35-21-28-7-2-3-8-29(28)23-38(35)42-37-12-5-4-11-36(37)41-24/h2-23,42H,1H3. The Hall–Kier alpha value is -5.47. The molecule has 9 rings (SSSR count). The fourth-order valence-electron chi connectivity index (χ4n) is 6.87. The summed E-state index contributed by atoms with van der Waals surface area (Å²) in [6, 6.07) is 48.6. The van der Waals surface area contributed by atoms with E-state index in [4.69, 9.17) is 4.98 Å². The van der Waals surface area contributed by atoms with Gasteiger partial charge in [-0.25, -0.2) is 0 Å². The van der Waals surface area contributed by atoms with E-state index in [0.29, 0.717) is 0 Å². The van der Waals surface area contributed by atoms with Crippen molar-refractivity contribution in [3.63, 3.8) is 0 Å². The number of benzene rings is 8. The summed E-state index contributed by atoms with van der Waals surface area (Å²) in [6.45, 7) is 2.12. The van der Waals surface area contributed by atoms with Gasteiger partial charge in [-0.05, 0) is 96.9 Å². The van der Waals surface area contributed by atoms with Crippen LogP contribution in [0.2, 0.25) is 0 Å². The molecule has 0 aliphatic rings. The Morgan fingerprint density at radius 1 is 0.452 bits per heavy atom. The SMILES string of the molecule is Cc1nc2ccccc2[nH]c2cc3ccccc3cc2c2cc(-c3ccc4ccc5cccc6ccc3c4c56)ccc12. The van der Waals surface area contributed by atoms with Crippen LogP contribution >= 0.6 is 0 Å². The van der Waals surface area contributed by atoms with Gasteiger partial charge in [0.25, 0.3) is 0 Å². The van der Waals surface area contributed by atoms with Gasteiger partial charge in [0.1, 0.15) is 0 Å². The summed E-state index contributed by atoms with van der Waals surface area (Å²) in [7, 11) is 0. The maximum absolute atomic E-state index is 5.12. The predicted octanol–water partition coefficient (Wildman–Crippen LogP) is 11.0. The maximum Gasteiger partial charge on any atom is 0.0867 e. The van der Waals surface area contributed by atoms with Crippen LogP contribution < -0.4 is 0 Å². The summed E-state index contributed by atoms with van der Waals surface area (Å²) in [6.07, 6.45) is 0. The molecular weight excluding hydrogens is 508 g/mol. The zero-order chi connectivity index (χ0) is 27.8. The molecule has 0 atom stereocenters. The molecule has 0 unspecified atom stereocenters. The molecule has 1 heterocycles. The molecule has 0 bridgehead atoms. The van der Waals surface area contributed by atoms with Gasteiger partial charge < -0.3 is 4.98 Å². The normalized spacial score (nSPS) is 11.9. The van der Waals surface area contributed by atoms with Crippen LogP contribution in [0.3, 0.4) is 0 Å². The van der Waals surface area contributed by atoms with Crippen molar-refractivity contribution in [3.8, 4) is 11.1 Å². The Morgan fingerprint density at radius 2 is 1.12 bits per heavy atom. The molecular formula is C40H26N2. The van der Waals surface area contributed by atoms with Crippen LogP contribution in [0.25, 0.3) is 86.9 Å². The van der Waals surface area contributed by atoms with Crippen molar-refractivity contribution in [1.82, 2.24) is 9.97 Å². The molecule has 2 heteroatoms. The minimum absolute atomic E-state index is 0.942. The van der Waals surface area contributed by atoms with Crippen molar-refractivity contribution in [3.05, 3.63) is 139 Å². The Labute approximate surface area is 242 Å². The van der Waals surface area contributed by atoms with Gasteiger partial charge in [-0.1, -0.05) is 103 Å². The highest BCUT2D eigenvalue weighted by Gasteiger charge is 2.13. The van der Waals surface area contributed by atoms with Crippen LogP contribution in [-0.4, -0.2) is 9.97 Å². The van der Waals surface area contributed by atoms with E-state index in [2.05, 4.69) is 145 Å². The summed E-state index contributed by atoms with van der Waals surface area (Å²) >= 11 is 0. The smallest absolute Gasteiger partial charge is 0.0867 e. The lowest BCUT2D eigenvalue weighted by molar-refractivity contribution is 1.29. The predicted molar refractivity (Wildman–Crippen MR) is 180 cm³/mol. The summed E-state index contributed by atoms with van der Waals surface area (Å²) in [5.41, 5.74) is 6.49. The first-order valence-electron chi connectivity index (χ1n) is 14.5. The van der Waals surface area contributed by atoms with E-state index >= 15 is 0 Å². The van der Waals surface area contributed by atoms with Gasteiger partial charge in [-0.2, -0.15) is 0 Å². The minimum Gasteiger partial charge on any atom is -0.353 e. The number of aromatic nitrogens is 2. The molecule has 196 valence electrons. The number of nitrogens with one attached hydrogen (secondary N) is 1. The van der Waals surface area contributed by atoms with Crippen molar-refractivity contribution >= 4 is 75.8 Å². The van der Waals surface area contributed by atoms with Crippen molar-refractivity contribution in [2.45, 2.75) is 6.92 Å².